The van der Waals surface area contributed by atoms with Gasteiger partial charge in [-0.15, -0.1) is 0 Å². The summed E-state index contributed by atoms with van der Waals surface area (Å²) in [5.74, 6) is 1.60. The number of pyridine rings is 1. The minimum atomic E-state index is -0.0331. The van der Waals surface area contributed by atoms with E-state index in [9.17, 15) is 9.90 Å². The van der Waals surface area contributed by atoms with Crippen LogP contribution in [0.15, 0.2) is 56.5 Å². The highest BCUT2D eigenvalue weighted by Gasteiger charge is 2.18. The number of aryl methyl sites for hydroxylation is 1. The summed E-state index contributed by atoms with van der Waals surface area (Å²) < 4.78 is 0. The van der Waals surface area contributed by atoms with Gasteiger partial charge in [0.2, 0.25) is 0 Å². The van der Waals surface area contributed by atoms with E-state index in [1.165, 1.54) is 5.57 Å². The molecule has 3 rings (SSSR count). The Morgan fingerprint density at radius 3 is 2.72 bits per heavy atom. The Hall–Kier alpha value is -3.15. The Balaban J connectivity index is 1.86. The van der Waals surface area contributed by atoms with Gasteiger partial charge in [-0.3, -0.25) is 9.79 Å². The van der Waals surface area contributed by atoms with Crippen LogP contribution in [0.1, 0.15) is 43.5 Å². The second kappa shape index (κ2) is 8.47. The van der Waals surface area contributed by atoms with Gasteiger partial charge in [-0.25, -0.2) is 4.99 Å². The van der Waals surface area contributed by atoms with Crippen LogP contribution < -0.4 is 11.2 Å². The van der Waals surface area contributed by atoms with Gasteiger partial charge in [0.15, 0.2) is 5.43 Å². The van der Waals surface area contributed by atoms with Crippen molar-refractivity contribution in [2.45, 2.75) is 40.5 Å². The van der Waals surface area contributed by atoms with Crippen molar-refractivity contribution in [1.82, 2.24) is 4.98 Å². The quantitative estimate of drug-likeness (QED) is 0.317. The third-order valence-electron chi connectivity index (χ3n) is 5.34. The number of nitrogens with one attached hydrogen (secondary N) is 1. The number of aliphatic hydroxyl groups excluding tert-OH is 1. The van der Waals surface area contributed by atoms with Crippen molar-refractivity contribution in [2.75, 3.05) is 6.54 Å². The van der Waals surface area contributed by atoms with Gasteiger partial charge in [0, 0.05) is 29.4 Å². The lowest BCUT2D eigenvalue weighted by molar-refractivity contribution is 0.414. The van der Waals surface area contributed by atoms with Crippen molar-refractivity contribution in [3.63, 3.8) is 0 Å². The van der Waals surface area contributed by atoms with Crippen molar-refractivity contribution in [2.24, 2.45) is 21.6 Å². The van der Waals surface area contributed by atoms with E-state index in [2.05, 4.69) is 15.0 Å². The van der Waals surface area contributed by atoms with E-state index in [4.69, 9.17) is 5.73 Å². The molecule has 0 aliphatic carbocycles. The summed E-state index contributed by atoms with van der Waals surface area (Å²) in [7, 11) is 0. The van der Waals surface area contributed by atoms with Crippen LogP contribution in [0.3, 0.4) is 0 Å². The molecule has 6 nitrogen and oxygen atoms in total. The molecular formula is C23H28N4O2. The average Bonchev–Trinajstić information content (AvgIpc) is 2.69. The zero-order valence-electron chi connectivity index (χ0n) is 17.4. The highest BCUT2D eigenvalue weighted by atomic mass is 16.3. The van der Waals surface area contributed by atoms with E-state index in [0.29, 0.717) is 41.4 Å². The Kier molecular flexibility index (Phi) is 6.01. The van der Waals surface area contributed by atoms with Crippen molar-refractivity contribution < 1.29 is 5.11 Å². The topological polar surface area (TPSA) is 104 Å². The number of H-pyrrole nitrogens is 1. The first kappa shape index (κ1) is 20.6. The summed E-state index contributed by atoms with van der Waals surface area (Å²) in [6, 6.07) is 5.73. The number of aliphatic hydroxyl groups is 1. The van der Waals surface area contributed by atoms with Crippen molar-refractivity contribution in [3.8, 4) is 0 Å². The molecule has 0 fully saturated rings. The molecule has 0 radical (unpaired) electrons. The highest BCUT2D eigenvalue weighted by Crippen LogP contribution is 2.23. The average molecular weight is 393 g/mol. The van der Waals surface area contributed by atoms with Crippen LogP contribution in [0, 0.1) is 19.8 Å². The van der Waals surface area contributed by atoms with Gasteiger partial charge < -0.3 is 15.8 Å². The number of allylic oxidation sites excluding steroid dienone is 3. The molecule has 6 heteroatoms. The van der Waals surface area contributed by atoms with Crippen LogP contribution in [-0.2, 0) is 0 Å². The molecule has 1 aromatic heterocycles. The number of benzene rings is 1. The van der Waals surface area contributed by atoms with Gasteiger partial charge in [-0.05, 0) is 58.2 Å². The maximum absolute atomic E-state index is 12.7. The number of aromatic nitrogens is 1. The fraction of sp³-hybridized carbons (Fsp3) is 0.348. The Morgan fingerprint density at radius 2 is 2.07 bits per heavy atom. The lowest BCUT2D eigenvalue weighted by Crippen LogP contribution is -2.24. The van der Waals surface area contributed by atoms with Crippen LogP contribution in [0.2, 0.25) is 0 Å². The third kappa shape index (κ3) is 4.65. The normalized spacial score (nSPS) is 18.8. The summed E-state index contributed by atoms with van der Waals surface area (Å²) in [6.45, 7) is 8.07. The minimum absolute atomic E-state index is 0.0331. The van der Waals surface area contributed by atoms with Crippen LogP contribution in [0.25, 0.3) is 10.9 Å². The molecular weight excluding hydrogens is 364 g/mol. The molecule has 1 atom stereocenters. The summed E-state index contributed by atoms with van der Waals surface area (Å²) in [6.07, 6.45) is 5.27. The number of nitrogens with two attached hydrogens (primary N) is 1. The van der Waals surface area contributed by atoms with Crippen LogP contribution >= 0.6 is 0 Å². The maximum Gasteiger partial charge on any atom is 0.193 e. The molecule has 152 valence electrons. The van der Waals surface area contributed by atoms with Gasteiger partial charge in [0.25, 0.3) is 0 Å². The Morgan fingerprint density at radius 1 is 1.31 bits per heavy atom. The minimum Gasteiger partial charge on any atom is -0.513 e. The third-order valence-corrected chi connectivity index (χ3v) is 5.34. The second-order valence-corrected chi connectivity index (χ2v) is 7.71. The van der Waals surface area contributed by atoms with Gasteiger partial charge in [-0.1, -0.05) is 23.3 Å². The molecule has 1 unspecified atom stereocenters. The lowest BCUT2D eigenvalue weighted by atomic mass is 9.92. The van der Waals surface area contributed by atoms with Gasteiger partial charge in [0.1, 0.15) is 11.7 Å². The fourth-order valence-electron chi connectivity index (χ4n) is 3.49. The van der Waals surface area contributed by atoms with Crippen molar-refractivity contribution in [3.05, 3.63) is 68.7 Å². The van der Waals surface area contributed by atoms with Crippen molar-refractivity contribution in [1.29, 1.82) is 0 Å². The number of amidine groups is 2. The highest BCUT2D eigenvalue weighted by molar-refractivity contribution is 6.06. The van der Waals surface area contributed by atoms with E-state index >= 15 is 0 Å². The fourth-order valence-corrected chi connectivity index (χ4v) is 3.49. The van der Waals surface area contributed by atoms with E-state index < -0.39 is 0 Å². The lowest BCUT2D eigenvalue weighted by Gasteiger charge is -2.20. The molecule has 2 aromatic rings. The number of rotatable bonds is 3. The summed E-state index contributed by atoms with van der Waals surface area (Å²) in [5, 5.41) is 9.96. The number of aliphatic imine (C=N–C) groups is 2. The predicted molar refractivity (Wildman–Crippen MR) is 120 cm³/mol. The van der Waals surface area contributed by atoms with Crippen LogP contribution in [-0.4, -0.2) is 28.3 Å². The summed E-state index contributed by atoms with van der Waals surface area (Å²) >= 11 is 0. The maximum atomic E-state index is 12.7. The summed E-state index contributed by atoms with van der Waals surface area (Å²) in [5.41, 5.74) is 10.3. The molecule has 1 aliphatic heterocycles. The predicted octanol–water partition coefficient (Wildman–Crippen LogP) is 4.07. The molecule has 29 heavy (non-hydrogen) atoms. The Labute approximate surface area is 170 Å². The zero-order chi connectivity index (χ0) is 21.1. The number of hydrogen-bond acceptors (Lipinski definition) is 4. The number of aromatic amines is 1. The number of hydrogen-bond donors (Lipinski definition) is 3. The smallest absolute Gasteiger partial charge is 0.193 e. The van der Waals surface area contributed by atoms with Crippen molar-refractivity contribution >= 4 is 22.6 Å². The molecule has 0 amide bonds. The second-order valence-electron chi connectivity index (χ2n) is 7.71. The molecule has 1 aromatic carbocycles. The largest absolute Gasteiger partial charge is 0.513 e. The van der Waals surface area contributed by atoms with Crippen LogP contribution in [0.4, 0.5) is 0 Å². The molecule has 0 saturated heterocycles. The van der Waals surface area contributed by atoms with Gasteiger partial charge in [0.05, 0.1) is 11.5 Å². The Bertz CT molecular complexity index is 1120. The monoisotopic (exact) mass is 392 g/mol. The SMILES string of the molecule is C/C(O)=C\C=C(/C)C1CCC(N=C(N)c2[nH]c3ccc(C)cc3c(=O)c2C)=NC1. The molecule has 0 bridgehead atoms. The van der Waals surface area contributed by atoms with E-state index in [1.54, 1.807) is 19.9 Å². The van der Waals surface area contributed by atoms with E-state index in [-0.39, 0.29) is 17.0 Å². The number of nitrogens with zero attached hydrogens (tertiary/aromatic N) is 2. The molecule has 4 N–H and O–H groups in total. The van der Waals surface area contributed by atoms with Crippen LogP contribution in [0.5, 0.6) is 0 Å². The first-order chi connectivity index (χ1) is 13.8. The standard InChI is InChI=1S/C23H28N4O2/c1-13-5-9-19-18(11-13)22(29)16(4)21(26-19)23(24)27-20-10-8-17(12-25-20)14(2)6-7-15(3)28/h5-7,9,11,17,28H,8,10,12H2,1-4H3,(H,26,29)(H2,24,25,27)/b14-6+,15-7+. The van der Waals surface area contributed by atoms with Gasteiger partial charge >= 0.3 is 0 Å². The summed E-state index contributed by atoms with van der Waals surface area (Å²) in [4.78, 5) is 25.1. The number of fused-ring (bicyclic) bond motifs is 1. The first-order valence-electron chi connectivity index (χ1n) is 9.81. The first-order valence-corrected chi connectivity index (χ1v) is 9.81. The van der Waals surface area contributed by atoms with Gasteiger partial charge in [-0.2, -0.15) is 0 Å². The van der Waals surface area contributed by atoms with E-state index in [0.717, 1.165) is 17.5 Å². The zero-order valence-corrected chi connectivity index (χ0v) is 17.4. The molecule has 2 heterocycles. The molecule has 0 saturated carbocycles. The molecule has 0 spiro atoms. The van der Waals surface area contributed by atoms with E-state index in [1.807, 2.05) is 38.1 Å². The molecule has 1 aliphatic rings.